The Kier molecular flexibility index (Phi) is 6.20. The third-order valence-electron chi connectivity index (χ3n) is 2.52. The van der Waals surface area contributed by atoms with E-state index in [4.69, 9.17) is 18.0 Å². The summed E-state index contributed by atoms with van der Waals surface area (Å²) in [5, 5.41) is 14.4. The highest BCUT2D eigenvalue weighted by atomic mass is 35.5. The summed E-state index contributed by atoms with van der Waals surface area (Å²) in [5.41, 5.74) is 0.583. The molecule has 0 bridgehead atoms. The van der Waals surface area contributed by atoms with Gasteiger partial charge in [-0.25, -0.2) is 0 Å². The molecule has 1 N–H and O–H groups in total. The Morgan fingerprint density at radius 2 is 2.22 bits per heavy atom. The van der Waals surface area contributed by atoms with Crippen LogP contribution in [0, 0.1) is 22.5 Å². The number of nitro benzene ring substituents is 1. The molecule has 0 aromatic heterocycles. The molecule has 0 amide bonds. The average Bonchev–Trinajstić information content (AvgIpc) is 2.34. The zero-order chi connectivity index (χ0) is 13.4. The van der Waals surface area contributed by atoms with E-state index >= 15 is 0 Å². The molecule has 0 aliphatic rings. The van der Waals surface area contributed by atoms with Gasteiger partial charge in [0.2, 0.25) is 0 Å². The maximum absolute atomic E-state index is 10.8. The highest BCUT2D eigenvalue weighted by Gasteiger charge is 2.15. The van der Waals surface area contributed by atoms with Gasteiger partial charge in [0.15, 0.2) is 0 Å². The van der Waals surface area contributed by atoms with Crippen molar-refractivity contribution in [3.8, 4) is 12.3 Å². The molecule has 0 atom stereocenters. The lowest BCUT2D eigenvalue weighted by molar-refractivity contribution is -0.385. The number of halogens is 1. The molecule has 18 heavy (non-hydrogen) atoms. The zero-order valence-electron chi connectivity index (χ0n) is 9.99. The van der Waals surface area contributed by atoms with E-state index in [1.807, 2.05) is 0 Å². The van der Waals surface area contributed by atoms with E-state index in [9.17, 15) is 10.1 Å². The van der Waals surface area contributed by atoms with Crippen LogP contribution in [0.3, 0.4) is 0 Å². The molecule has 0 spiro atoms. The summed E-state index contributed by atoms with van der Waals surface area (Å²) in [4.78, 5) is 10.4. The monoisotopic (exact) mass is 266 g/mol. The highest BCUT2D eigenvalue weighted by molar-refractivity contribution is 6.31. The quantitative estimate of drug-likeness (QED) is 0.357. The lowest BCUT2D eigenvalue weighted by atomic mass is 10.1. The van der Waals surface area contributed by atoms with Crippen LogP contribution < -0.4 is 5.32 Å². The summed E-state index contributed by atoms with van der Waals surface area (Å²) in [6, 6.07) is 4.70. The number of hydrogen-bond donors (Lipinski definition) is 1. The molecule has 1 aromatic rings. The van der Waals surface area contributed by atoms with Crippen LogP contribution in [0.1, 0.15) is 24.8 Å². The first-order valence-corrected chi connectivity index (χ1v) is 6.10. The van der Waals surface area contributed by atoms with E-state index in [-0.39, 0.29) is 5.69 Å². The Bertz CT molecular complexity index is 455. The third-order valence-corrected chi connectivity index (χ3v) is 2.87. The minimum absolute atomic E-state index is 0.0543. The molecule has 0 aliphatic heterocycles. The molecule has 0 fully saturated rings. The number of terminal acetylenes is 1. The van der Waals surface area contributed by atoms with E-state index < -0.39 is 4.92 Å². The molecule has 0 unspecified atom stereocenters. The van der Waals surface area contributed by atoms with Gasteiger partial charge in [-0.05, 0) is 25.5 Å². The lowest BCUT2D eigenvalue weighted by Gasteiger charge is -2.07. The van der Waals surface area contributed by atoms with Gasteiger partial charge in [-0.15, -0.1) is 12.3 Å². The topological polar surface area (TPSA) is 55.2 Å². The molecule has 5 heteroatoms. The Morgan fingerprint density at radius 1 is 1.44 bits per heavy atom. The highest BCUT2D eigenvalue weighted by Crippen LogP contribution is 2.25. The smallest absolute Gasteiger partial charge is 0.275 e. The fourth-order valence-corrected chi connectivity index (χ4v) is 1.82. The molecule has 96 valence electrons. The average molecular weight is 267 g/mol. The van der Waals surface area contributed by atoms with Gasteiger partial charge in [0.1, 0.15) is 0 Å². The predicted molar refractivity (Wildman–Crippen MR) is 72.5 cm³/mol. The maximum Gasteiger partial charge on any atom is 0.275 e. The van der Waals surface area contributed by atoms with E-state index in [1.54, 1.807) is 12.1 Å². The summed E-state index contributed by atoms with van der Waals surface area (Å²) in [7, 11) is 0. The van der Waals surface area contributed by atoms with E-state index in [2.05, 4.69) is 11.2 Å². The third kappa shape index (κ3) is 4.36. The molecule has 1 aromatic carbocycles. The Morgan fingerprint density at radius 3 is 2.89 bits per heavy atom. The summed E-state index contributed by atoms with van der Waals surface area (Å²) >= 11 is 5.97. The van der Waals surface area contributed by atoms with E-state index in [1.165, 1.54) is 6.07 Å². The molecule has 0 saturated heterocycles. The van der Waals surface area contributed by atoms with Gasteiger partial charge in [0.05, 0.1) is 15.5 Å². The van der Waals surface area contributed by atoms with Crippen molar-refractivity contribution < 1.29 is 4.92 Å². The molecule has 4 nitrogen and oxygen atoms in total. The van der Waals surface area contributed by atoms with Crippen molar-refractivity contribution in [1.82, 2.24) is 5.32 Å². The fourth-order valence-electron chi connectivity index (χ4n) is 1.58. The molecular formula is C13H15ClN2O2. The van der Waals surface area contributed by atoms with Crippen molar-refractivity contribution in [1.29, 1.82) is 0 Å². The van der Waals surface area contributed by atoms with E-state index in [0.29, 0.717) is 17.1 Å². The molecule has 1 rings (SSSR count). The number of hydrogen-bond acceptors (Lipinski definition) is 3. The molecular weight excluding hydrogens is 252 g/mol. The van der Waals surface area contributed by atoms with Gasteiger partial charge < -0.3 is 5.32 Å². The second kappa shape index (κ2) is 7.70. The number of nitrogens with one attached hydrogen (secondary N) is 1. The van der Waals surface area contributed by atoms with Gasteiger partial charge in [-0.3, -0.25) is 10.1 Å². The number of rotatable bonds is 7. The van der Waals surface area contributed by atoms with Crippen LogP contribution in [-0.2, 0) is 6.54 Å². The molecule has 0 aliphatic carbocycles. The maximum atomic E-state index is 10.8. The minimum atomic E-state index is -0.415. The van der Waals surface area contributed by atoms with Gasteiger partial charge >= 0.3 is 0 Å². The minimum Gasteiger partial charge on any atom is -0.312 e. The van der Waals surface area contributed by atoms with Crippen molar-refractivity contribution in [2.75, 3.05) is 6.54 Å². The normalized spacial score (nSPS) is 10.0. The number of benzene rings is 1. The Hall–Kier alpha value is -1.57. The number of unbranched alkanes of at least 4 members (excludes halogenated alkanes) is 2. The predicted octanol–water partition coefficient (Wildman–Crippen LogP) is 3.14. The largest absolute Gasteiger partial charge is 0.312 e. The first-order chi connectivity index (χ1) is 8.66. The summed E-state index contributed by atoms with van der Waals surface area (Å²) in [6.45, 7) is 1.16. The summed E-state index contributed by atoms with van der Waals surface area (Å²) in [5.74, 6) is 2.57. The fraction of sp³-hybridized carbons (Fsp3) is 0.385. The van der Waals surface area contributed by atoms with Crippen LogP contribution in [0.25, 0.3) is 0 Å². The van der Waals surface area contributed by atoms with E-state index in [0.717, 1.165) is 25.8 Å². The van der Waals surface area contributed by atoms with Gasteiger partial charge in [-0.1, -0.05) is 17.7 Å². The summed E-state index contributed by atoms with van der Waals surface area (Å²) in [6.07, 6.45) is 7.80. The number of nitrogens with zero attached hydrogens (tertiary/aromatic N) is 1. The van der Waals surface area contributed by atoms with Crippen LogP contribution >= 0.6 is 11.6 Å². The summed E-state index contributed by atoms with van der Waals surface area (Å²) < 4.78 is 0. The van der Waals surface area contributed by atoms with Gasteiger partial charge in [-0.2, -0.15) is 0 Å². The van der Waals surface area contributed by atoms with Gasteiger partial charge in [0.25, 0.3) is 5.69 Å². The SMILES string of the molecule is C#CCCCCNCc1c(Cl)cccc1[N+](=O)[O-]. The van der Waals surface area contributed by atoms with Crippen molar-refractivity contribution in [2.24, 2.45) is 0 Å². The Balaban J connectivity index is 2.51. The number of nitro groups is 1. The lowest BCUT2D eigenvalue weighted by Crippen LogP contribution is -2.16. The van der Waals surface area contributed by atoms with Crippen LogP contribution in [0.4, 0.5) is 5.69 Å². The van der Waals surface area contributed by atoms with Crippen LogP contribution in [0.2, 0.25) is 5.02 Å². The second-order valence-corrected chi connectivity index (χ2v) is 4.24. The van der Waals surface area contributed by atoms with Crippen molar-refractivity contribution in [3.05, 3.63) is 38.9 Å². The second-order valence-electron chi connectivity index (χ2n) is 3.83. The molecule has 0 saturated carbocycles. The van der Waals surface area contributed by atoms with Crippen molar-refractivity contribution in [3.63, 3.8) is 0 Å². The van der Waals surface area contributed by atoms with Crippen LogP contribution in [0.15, 0.2) is 18.2 Å². The zero-order valence-corrected chi connectivity index (χ0v) is 10.7. The van der Waals surface area contributed by atoms with Crippen LogP contribution in [-0.4, -0.2) is 11.5 Å². The standard InChI is InChI=1S/C13H15ClN2O2/c1-2-3-4-5-9-15-10-11-12(14)7-6-8-13(11)16(17)18/h1,6-8,15H,3-5,9-10H2. The van der Waals surface area contributed by atoms with Gasteiger partial charge in [0, 0.05) is 19.0 Å². The molecule has 0 radical (unpaired) electrons. The van der Waals surface area contributed by atoms with Crippen LogP contribution in [0.5, 0.6) is 0 Å². The first kappa shape index (κ1) is 14.5. The Labute approximate surface area is 111 Å². The van der Waals surface area contributed by atoms with Crippen molar-refractivity contribution >= 4 is 17.3 Å². The van der Waals surface area contributed by atoms with Crippen molar-refractivity contribution in [2.45, 2.75) is 25.8 Å². The first-order valence-electron chi connectivity index (χ1n) is 5.72. The molecule has 0 heterocycles.